The number of carbonyl (C=O) groups is 1. The van der Waals surface area contributed by atoms with Crippen LogP contribution in [0.1, 0.15) is 72.9 Å². The first-order valence-electron chi connectivity index (χ1n) is 12.1. The topological polar surface area (TPSA) is 71.2 Å². The molecule has 178 valence electrons. The van der Waals surface area contributed by atoms with Gasteiger partial charge in [-0.2, -0.15) is 0 Å². The van der Waals surface area contributed by atoms with Gasteiger partial charge in [-0.05, 0) is 82.1 Å². The molecule has 0 spiro atoms. The zero-order valence-corrected chi connectivity index (χ0v) is 20.2. The summed E-state index contributed by atoms with van der Waals surface area (Å²) >= 11 is 0. The van der Waals surface area contributed by atoms with Gasteiger partial charge in [-0.3, -0.25) is 9.80 Å². The van der Waals surface area contributed by atoms with Crippen molar-refractivity contribution in [2.45, 2.75) is 57.6 Å². The van der Waals surface area contributed by atoms with Crippen LogP contribution in [0.4, 0.5) is 0 Å². The fourth-order valence-electron chi connectivity index (χ4n) is 4.28. The van der Waals surface area contributed by atoms with E-state index in [9.17, 15) is 4.79 Å². The predicted octanol–water partition coefficient (Wildman–Crippen LogP) is 4.81. The number of nitrogens with two attached hydrogens (primary N) is 1. The Labute approximate surface area is 198 Å². The number of nitrogens with zero attached hydrogens (tertiary/aromatic N) is 3. The Bertz CT molecular complexity index is 896. The molecular weight excluding hydrogens is 412 g/mol. The van der Waals surface area contributed by atoms with Gasteiger partial charge in [0.05, 0.1) is 0 Å². The van der Waals surface area contributed by atoms with Crippen molar-refractivity contribution < 1.29 is 9.53 Å². The van der Waals surface area contributed by atoms with Crippen LogP contribution in [0.25, 0.3) is 0 Å². The average molecular weight is 451 g/mol. The third kappa shape index (κ3) is 7.32. The second kappa shape index (κ2) is 12.4. The number of carbonyl (C=O) groups excluding carboxylic acids is 1. The Morgan fingerprint density at radius 2 is 1.82 bits per heavy atom. The Balaban J connectivity index is 1.59. The molecule has 6 heteroatoms. The summed E-state index contributed by atoms with van der Waals surface area (Å²) in [6.45, 7) is 4.17. The Kier molecular flexibility index (Phi) is 9.31. The second-order valence-electron chi connectivity index (χ2n) is 9.04. The van der Waals surface area contributed by atoms with Gasteiger partial charge in [-0.25, -0.2) is 0 Å². The van der Waals surface area contributed by atoms with Crippen molar-refractivity contribution in [2.75, 3.05) is 27.2 Å². The van der Waals surface area contributed by atoms with Crippen molar-refractivity contribution in [1.29, 1.82) is 0 Å². The fourth-order valence-corrected chi connectivity index (χ4v) is 4.28. The lowest BCUT2D eigenvalue weighted by atomic mass is 9.91. The molecule has 1 heterocycles. The molecule has 33 heavy (non-hydrogen) atoms. The minimum Gasteiger partial charge on any atom is -0.451 e. The lowest BCUT2D eigenvalue weighted by Gasteiger charge is -2.23. The van der Waals surface area contributed by atoms with Crippen LogP contribution >= 0.6 is 0 Å². The van der Waals surface area contributed by atoms with Crippen LogP contribution in [-0.2, 0) is 4.74 Å². The van der Waals surface area contributed by atoms with Crippen LogP contribution in [-0.4, -0.2) is 55.1 Å². The minimum atomic E-state index is -0.431. The summed E-state index contributed by atoms with van der Waals surface area (Å²) in [4.78, 5) is 13.6. The molecular formula is C27H38N4O2. The average Bonchev–Trinajstić information content (AvgIpc) is 3.22. The highest BCUT2D eigenvalue weighted by Gasteiger charge is 2.28. The fraction of sp³-hybridized carbons (Fsp3) is 0.481. The van der Waals surface area contributed by atoms with Crippen LogP contribution in [0, 0.1) is 0 Å². The van der Waals surface area contributed by atoms with E-state index in [0.29, 0.717) is 17.4 Å². The highest BCUT2D eigenvalue weighted by Crippen LogP contribution is 2.26. The summed E-state index contributed by atoms with van der Waals surface area (Å²) in [7, 11) is 4.18. The molecule has 0 saturated heterocycles. The Hall–Kier alpha value is -2.86. The molecule has 0 saturated carbocycles. The van der Waals surface area contributed by atoms with E-state index in [1.54, 1.807) is 12.1 Å². The number of hydrogen-bond acceptors (Lipinski definition) is 5. The highest BCUT2D eigenvalue weighted by atomic mass is 16.5. The third-order valence-corrected chi connectivity index (χ3v) is 6.23. The lowest BCUT2D eigenvalue weighted by Crippen LogP contribution is -2.30. The van der Waals surface area contributed by atoms with Gasteiger partial charge in [-0.1, -0.05) is 43.7 Å². The van der Waals surface area contributed by atoms with E-state index in [1.165, 1.54) is 12.0 Å². The van der Waals surface area contributed by atoms with Crippen LogP contribution in [0.2, 0.25) is 0 Å². The SMILES string of the molecule is CCC(CCCCN1N=C(c2ccc(C(N)=O)cc2)OC1CCCN(C)C)c1ccccc1. The van der Waals surface area contributed by atoms with Gasteiger partial charge in [-0.15, -0.1) is 5.10 Å². The Morgan fingerprint density at radius 1 is 1.09 bits per heavy atom. The number of ether oxygens (including phenoxy) is 1. The molecule has 2 aromatic carbocycles. The summed E-state index contributed by atoms with van der Waals surface area (Å²) in [6, 6.07) is 18.0. The van der Waals surface area contributed by atoms with Crippen LogP contribution in [0.3, 0.4) is 0 Å². The first-order valence-corrected chi connectivity index (χ1v) is 12.1. The molecule has 0 aromatic heterocycles. The number of hydrazone groups is 1. The van der Waals surface area contributed by atoms with Gasteiger partial charge in [0, 0.05) is 24.1 Å². The number of unbranched alkanes of at least 4 members (excludes halogenated alkanes) is 1. The van der Waals surface area contributed by atoms with Gasteiger partial charge < -0.3 is 15.4 Å². The molecule has 6 nitrogen and oxygen atoms in total. The molecule has 3 rings (SSSR count). The maximum Gasteiger partial charge on any atom is 0.248 e. The maximum absolute atomic E-state index is 11.4. The smallest absolute Gasteiger partial charge is 0.248 e. The molecule has 2 aromatic rings. The molecule has 0 radical (unpaired) electrons. The van der Waals surface area contributed by atoms with Gasteiger partial charge in [0.15, 0.2) is 6.23 Å². The zero-order chi connectivity index (χ0) is 23.6. The molecule has 1 amide bonds. The third-order valence-electron chi connectivity index (χ3n) is 6.23. The molecule has 0 fully saturated rings. The van der Waals surface area contributed by atoms with E-state index in [0.717, 1.165) is 50.8 Å². The van der Waals surface area contributed by atoms with Crippen molar-refractivity contribution >= 4 is 11.8 Å². The molecule has 2 atom stereocenters. The van der Waals surface area contributed by atoms with Gasteiger partial charge in [0.1, 0.15) is 0 Å². The summed E-state index contributed by atoms with van der Waals surface area (Å²) in [6.07, 6.45) is 6.50. The van der Waals surface area contributed by atoms with Crippen molar-refractivity contribution in [2.24, 2.45) is 10.8 Å². The van der Waals surface area contributed by atoms with E-state index < -0.39 is 5.91 Å². The summed E-state index contributed by atoms with van der Waals surface area (Å²) in [5.41, 5.74) is 8.16. The largest absolute Gasteiger partial charge is 0.451 e. The van der Waals surface area contributed by atoms with Gasteiger partial charge in [0.25, 0.3) is 0 Å². The van der Waals surface area contributed by atoms with E-state index >= 15 is 0 Å². The van der Waals surface area contributed by atoms with E-state index in [2.05, 4.69) is 61.3 Å². The molecule has 0 bridgehead atoms. The summed E-state index contributed by atoms with van der Waals surface area (Å²) in [5.74, 6) is 0.802. The van der Waals surface area contributed by atoms with E-state index in [1.807, 2.05) is 12.1 Å². The number of amides is 1. The molecule has 1 aliphatic rings. The first kappa shape index (κ1) is 24.8. The Morgan fingerprint density at radius 3 is 2.45 bits per heavy atom. The molecule has 2 N–H and O–H groups in total. The van der Waals surface area contributed by atoms with Crippen molar-refractivity contribution in [3.05, 3.63) is 71.3 Å². The van der Waals surface area contributed by atoms with Gasteiger partial charge >= 0.3 is 0 Å². The monoisotopic (exact) mass is 450 g/mol. The normalized spacial score (nSPS) is 16.5. The molecule has 0 aliphatic carbocycles. The quantitative estimate of drug-likeness (QED) is 0.445. The predicted molar refractivity (Wildman–Crippen MR) is 134 cm³/mol. The molecule has 2 unspecified atom stereocenters. The van der Waals surface area contributed by atoms with Gasteiger partial charge in [0.2, 0.25) is 11.8 Å². The lowest BCUT2D eigenvalue weighted by molar-refractivity contribution is 0.0451. The van der Waals surface area contributed by atoms with E-state index in [-0.39, 0.29) is 6.23 Å². The first-order chi connectivity index (χ1) is 16.0. The standard InChI is InChI=1S/C27H38N4O2/c1-4-21(22-12-6-5-7-13-22)11-8-9-20-31-25(14-10-19-30(2)3)33-27(29-31)24-17-15-23(16-18-24)26(28)32/h5-7,12-13,15-18,21,25H,4,8-11,14,19-20H2,1-3H3,(H2,28,32). The number of rotatable bonds is 13. The van der Waals surface area contributed by atoms with Crippen LogP contribution in [0.15, 0.2) is 59.7 Å². The number of primary amides is 1. The summed E-state index contributed by atoms with van der Waals surface area (Å²) < 4.78 is 6.25. The van der Waals surface area contributed by atoms with Crippen LogP contribution < -0.4 is 5.73 Å². The van der Waals surface area contributed by atoms with Crippen molar-refractivity contribution in [1.82, 2.24) is 9.91 Å². The maximum atomic E-state index is 11.4. The van der Waals surface area contributed by atoms with Crippen LogP contribution in [0.5, 0.6) is 0 Å². The zero-order valence-electron chi connectivity index (χ0n) is 20.2. The van der Waals surface area contributed by atoms with E-state index in [4.69, 9.17) is 15.6 Å². The highest BCUT2D eigenvalue weighted by molar-refractivity contribution is 5.97. The van der Waals surface area contributed by atoms with Crippen molar-refractivity contribution in [3.63, 3.8) is 0 Å². The second-order valence-corrected chi connectivity index (χ2v) is 9.04. The molecule has 1 aliphatic heterocycles. The number of benzene rings is 2. The minimum absolute atomic E-state index is 0.0492. The summed E-state index contributed by atoms with van der Waals surface area (Å²) in [5, 5.41) is 6.91. The van der Waals surface area contributed by atoms with Crippen molar-refractivity contribution in [3.8, 4) is 0 Å². The number of hydrogen-bond donors (Lipinski definition) is 1.